The van der Waals surface area contributed by atoms with Crippen LogP contribution in [-0.4, -0.2) is 77.1 Å². The van der Waals surface area contributed by atoms with E-state index in [2.05, 4.69) is 64.7 Å². The fraction of sp³-hybridized carbons (Fsp3) is 0.300. The summed E-state index contributed by atoms with van der Waals surface area (Å²) in [5.41, 5.74) is 3.72. The van der Waals surface area contributed by atoms with Crippen molar-refractivity contribution in [2.45, 2.75) is 13.8 Å². The lowest BCUT2D eigenvalue weighted by Gasteiger charge is -2.35. The Bertz CT molecular complexity index is 1580. The van der Waals surface area contributed by atoms with Crippen LogP contribution in [0.25, 0.3) is 11.3 Å². The number of anilines is 5. The van der Waals surface area contributed by atoms with Crippen LogP contribution in [0.1, 0.15) is 24.2 Å². The first-order valence-corrected chi connectivity index (χ1v) is 14.7. The normalized spacial score (nSPS) is 13.5. The first-order chi connectivity index (χ1) is 20.9. The molecule has 3 N–H and O–H groups in total. The van der Waals surface area contributed by atoms with Crippen LogP contribution in [0.15, 0.2) is 55.2 Å². The standard InChI is InChI=1S/C30H33Cl2N9O2/c1-4-34-30(42)21-14-24(43-3)27(32)28(26(21)31)39-29-22(16-33-17-37-29)23-15-25(36-18-35-23)38-19-6-8-20(9-7-19)41-12-10-40(5-2)11-13-41/h6-9,14-18H,4-5,10-13H2,1-3H3,(H,34,42)(H,33,37,39)(H,35,36,38). The molecular weight excluding hydrogens is 589 g/mol. The summed E-state index contributed by atoms with van der Waals surface area (Å²) in [6.45, 7) is 9.73. The van der Waals surface area contributed by atoms with Gasteiger partial charge in [-0.2, -0.15) is 0 Å². The number of piperazine rings is 1. The van der Waals surface area contributed by atoms with E-state index in [-0.39, 0.29) is 33.0 Å². The van der Waals surface area contributed by atoms with Crippen molar-refractivity contribution in [3.8, 4) is 17.0 Å². The van der Waals surface area contributed by atoms with E-state index in [1.807, 2.05) is 19.1 Å². The van der Waals surface area contributed by atoms with Crippen molar-refractivity contribution >= 4 is 57.8 Å². The number of amides is 1. The molecule has 5 rings (SSSR count). The molecule has 0 radical (unpaired) electrons. The molecule has 13 heteroatoms. The number of hydrogen-bond acceptors (Lipinski definition) is 10. The molecule has 1 amide bonds. The smallest absolute Gasteiger partial charge is 0.253 e. The van der Waals surface area contributed by atoms with Crippen molar-refractivity contribution in [1.29, 1.82) is 0 Å². The number of likely N-dealkylation sites (N-methyl/N-ethyl adjacent to an activating group) is 1. The van der Waals surface area contributed by atoms with Gasteiger partial charge in [0.25, 0.3) is 5.91 Å². The van der Waals surface area contributed by atoms with Gasteiger partial charge < -0.3 is 30.5 Å². The lowest BCUT2D eigenvalue weighted by Crippen LogP contribution is -2.46. The maximum absolute atomic E-state index is 12.7. The third kappa shape index (κ3) is 6.90. The second-order valence-corrected chi connectivity index (χ2v) is 10.5. The molecule has 0 saturated carbocycles. The predicted molar refractivity (Wildman–Crippen MR) is 171 cm³/mol. The molecule has 3 heterocycles. The van der Waals surface area contributed by atoms with Crippen molar-refractivity contribution in [3.63, 3.8) is 0 Å². The Labute approximate surface area is 260 Å². The Hall–Kier alpha value is -4.19. The number of hydrogen-bond donors (Lipinski definition) is 3. The molecule has 0 unspecified atom stereocenters. The van der Waals surface area contributed by atoms with E-state index in [0.29, 0.717) is 29.4 Å². The average molecular weight is 623 g/mol. The molecule has 2 aromatic heterocycles. The van der Waals surface area contributed by atoms with Gasteiger partial charge in [0, 0.05) is 56.4 Å². The molecule has 1 aliphatic rings. The number of nitrogens with one attached hydrogen (secondary N) is 3. The Balaban J connectivity index is 1.38. The topological polar surface area (TPSA) is 120 Å². The summed E-state index contributed by atoms with van der Waals surface area (Å²) in [4.78, 5) is 35.0. The fourth-order valence-electron chi connectivity index (χ4n) is 4.83. The summed E-state index contributed by atoms with van der Waals surface area (Å²) >= 11 is 13.3. The number of rotatable bonds is 10. The molecule has 0 aliphatic carbocycles. The van der Waals surface area contributed by atoms with Gasteiger partial charge in [0.1, 0.15) is 35.1 Å². The molecule has 0 bridgehead atoms. The van der Waals surface area contributed by atoms with E-state index in [4.69, 9.17) is 27.9 Å². The van der Waals surface area contributed by atoms with Crippen LogP contribution in [0.5, 0.6) is 5.75 Å². The van der Waals surface area contributed by atoms with Gasteiger partial charge in [-0.1, -0.05) is 30.1 Å². The molecule has 0 spiro atoms. The number of carbonyl (C=O) groups excluding carboxylic acids is 1. The number of methoxy groups -OCH3 is 1. The highest BCUT2D eigenvalue weighted by Crippen LogP contribution is 2.42. The minimum Gasteiger partial charge on any atom is -0.495 e. The highest BCUT2D eigenvalue weighted by Gasteiger charge is 2.22. The van der Waals surface area contributed by atoms with Crippen molar-refractivity contribution in [3.05, 3.63) is 70.9 Å². The van der Waals surface area contributed by atoms with Gasteiger partial charge in [-0.15, -0.1) is 0 Å². The quantitative estimate of drug-likeness (QED) is 0.205. The first-order valence-electron chi connectivity index (χ1n) is 14.0. The van der Waals surface area contributed by atoms with Crippen molar-refractivity contribution < 1.29 is 9.53 Å². The average Bonchev–Trinajstić information content (AvgIpc) is 3.04. The maximum atomic E-state index is 12.7. The molecule has 1 aliphatic heterocycles. The number of benzene rings is 2. The number of aromatic nitrogens is 4. The summed E-state index contributed by atoms with van der Waals surface area (Å²) in [7, 11) is 1.47. The van der Waals surface area contributed by atoms with Gasteiger partial charge in [-0.25, -0.2) is 19.9 Å². The largest absolute Gasteiger partial charge is 0.495 e. The zero-order chi connectivity index (χ0) is 30.3. The second-order valence-electron chi connectivity index (χ2n) is 9.78. The molecule has 11 nitrogen and oxygen atoms in total. The maximum Gasteiger partial charge on any atom is 0.253 e. The molecule has 4 aromatic rings. The number of halogens is 2. The Morgan fingerprint density at radius 3 is 2.42 bits per heavy atom. The van der Waals surface area contributed by atoms with Crippen LogP contribution in [0.3, 0.4) is 0 Å². The summed E-state index contributed by atoms with van der Waals surface area (Å²) in [5, 5.41) is 9.60. The fourth-order valence-corrected chi connectivity index (χ4v) is 5.43. The van der Waals surface area contributed by atoms with E-state index < -0.39 is 0 Å². The Morgan fingerprint density at radius 1 is 0.953 bits per heavy atom. The van der Waals surface area contributed by atoms with Gasteiger partial charge in [-0.3, -0.25) is 4.79 Å². The number of carbonyl (C=O) groups is 1. The zero-order valence-electron chi connectivity index (χ0n) is 24.2. The molecule has 224 valence electrons. The molecule has 43 heavy (non-hydrogen) atoms. The highest BCUT2D eigenvalue weighted by molar-refractivity contribution is 6.42. The minimum absolute atomic E-state index is 0.127. The summed E-state index contributed by atoms with van der Waals surface area (Å²) in [6.07, 6.45) is 4.48. The van der Waals surface area contributed by atoms with Crippen molar-refractivity contribution in [1.82, 2.24) is 30.2 Å². The van der Waals surface area contributed by atoms with Crippen LogP contribution in [0.4, 0.5) is 28.7 Å². The van der Waals surface area contributed by atoms with Crippen molar-refractivity contribution in [2.24, 2.45) is 0 Å². The third-order valence-electron chi connectivity index (χ3n) is 7.19. The van der Waals surface area contributed by atoms with E-state index in [0.717, 1.165) is 38.4 Å². The van der Waals surface area contributed by atoms with Gasteiger partial charge in [0.05, 0.1) is 34.6 Å². The van der Waals surface area contributed by atoms with Gasteiger partial charge in [-0.05, 0) is 43.8 Å². The molecule has 2 aromatic carbocycles. The Morgan fingerprint density at radius 2 is 1.72 bits per heavy atom. The molecular formula is C30H33Cl2N9O2. The molecule has 0 atom stereocenters. The third-order valence-corrected chi connectivity index (χ3v) is 7.96. The van der Waals surface area contributed by atoms with Gasteiger partial charge in [0.15, 0.2) is 0 Å². The lowest BCUT2D eigenvalue weighted by molar-refractivity contribution is 0.0955. The van der Waals surface area contributed by atoms with E-state index >= 15 is 0 Å². The van der Waals surface area contributed by atoms with Gasteiger partial charge in [0.2, 0.25) is 0 Å². The van der Waals surface area contributed by atoms with Crippen LogP contribution in [0, 0.1) is 0 Å². The van der Waals surface area contributed by atoms with Crippen LogP contribution in [-0.2, 0) is 0 Å². The van der Waals surface area contributed by atoms with E-state index in [1.165, 1.54) is 31.5 Å². The number of nitrogens with zero attached hydrogens (tertiary/aromatic N) is 6. The summed E-state index contributed by atoms with van der Waals surface area (Å²) in [5.74, 6) is 0.909. The molecule has 1 fully saturated rings. The predicted octanol–water partition coefficient (Wildman–Crippen LogP) is 5.63. The van der Waals surface area contributed by atoms with E-state index in [9.17, 15) is 4.79 Å². The van der Waals surface area contributed by atoms with Crippen LogP contribution < -0.4 is 25.6 Å². The summed E-state index contributed by atoms with van der Waals surface area (Å²) in [6, 6.07) is 11.6. The second kappa shape index (κ2) is 13.9. The lowest BCUT2D eigenvalue weighted by atomic mass is 10.1. The van der Waals surface area contributed by atoms with Gasteiger partial charge >= 0.3 is 0 Å². The van der Waals surface area contributed by atoms with E-state index in [1.54, 1.807) is 12.3 Å². The zero-order valence-corrected chi connectivity index (χ0v) is 25.7. The summed E-state index contributed by atoms with van der Waals surface area (Å²) < 4.78 is 5.41. The molecule has 1 saturated heterocycles. The van der Waals surface area contributed by atoms with Crippen LogP contribution in [0.2, 0.25) is 10.0 Å². The minimum atomic E-state index is -0.355. The SMILES string of the molecule is CCNC(=O)c1cc(OC)c(Cl)c(Nc2ncncc2-c2cc(Nc3ccc(N4CCN(CC)CC4)cc3)ncn2)c1Cl. The Kier molecular flexibility index (Phi) is 9.75. The highest BCUT2D eigenvalue weighted by atomic mass is 35.5. The van der Waals surface area contributed by atoms with Crippen LogP contribution >= 0.6 is 23.2 Å². The number of ether oxygens (including phenoxy) is 1. The van der Waals surface area contributed by atoms with Crippen molar-refractivity contribution in [2.75, 3.05) is 61.9 Å². The first kappa shape index (κ1) is 30.3. The monoisotopic (exact) mass is 621 g/mol.